The molecule has 0 fully saturated rings. The average Bonchev–Trinajstić information content (AvgIpc) is 3.32. The minimum absolute atomic E-state index is 0.0847. The van der Waals surface area contributed by atoms with E-state index in [1.807, 2.05) is 6.92 Å². The number of aromatic nitrogens is 2. The fourth-order valence-electron chi connectivity index (χ4n) is 3.21. The monoisotopic (exact) mass is 480 g/mol. The molecule has 160 valence electrons. The number of halogens is 4. The Hall–Kier alpha value is -2.61. The Morgan fingerprint density at radius 3 is 2.58 bits per heavy atom. The number of rotatable bonds is 5. The van der Waals surface area contributed by atoms with Crippen molar-refractivity contribution >= 4 is 52.2 Å². The molecule has 0 saturated heterocycles. The molecule has 10 heteroatoms. The summed E-state index contributed by atoms with van der Waals surface area (Å²) in [6, 6.07) is 11.3. The van der Waals surface area contributed by atoms with Gasteiger partial charge in [0.15, 0.2) is 5.82 Å². The number of nitrogens with zero attached hydrogens (tertiary/aromatic N) is 3. The van der Waals surface area contributed by atoms with Gasteiger partial charge >= 0.3 is 0 Å². The summed E-state index contributed by atoms with van der Waals surface area (Å²) in [4.78, 5) is 17.8. The van der Waals surface area contributed by atoms with Crippen molar-refractivity contribution < 1.29 is 14.0 Å². The predicted molar refractivity (Wildman–Crippen MR) is 119 cm³/mol. The first-order chi connectivity index (χ1) is 14.8. The van der Waals surface area contributed by atoms with Crippen LogP contribution in [0.25, 0.3) is 0 Å². The van der Waals surface area contributed by atoms with Crippen molar-refractivity contribution in [2.75, 3.05) is 5.32 Å². The third-order valence-electron chi connectivity index (χ3n) is 4.81. The van der Waals surface area contributed by atoms with Crippen molar-refractivity contribution in [1.82, 2.24) is 9.78 Å². The standard InChI is InChI=1S/C21H16Cl3FN4O2/c1-11-8-19(27-29(11)10-12-13(22)4-2-5-14(12)23)26-21(30)18-9-17(28-31-18)20-15(24)6-3-7-16(20)25/h2-8,18H,9-10H2,1H3,(H,26,27,30). The van der Waals surface area contributed by atoms with E-state index in [-0.39, 0.29) is 22.7 Å². The van der Waals surface area contributed by atoms with Gasteiger partial charge in [0.05, 0.1) is 22.8 Å². The third-order valence-corrected chi connectivity index (χ3v) is 5.84. The summed E-state index contributed by atoms with van der Waals surface area (Å²) in [5.74, 6) is -0.637. The second-order valence-corrected chi connectivity index (χ2v) is 8.17. The molecule has 2 aromatic carbocycles. The fraction of sp³-hybridized carbons (Fsp3) is 0.190. The molecule has 0 saturated carbocycles. The van der Waals surface area contributed by atoms with Crippen molar-refractivity contribution in [2.45, 2.75) is 26.0 Å². The molecule has 1 atom stereocenters. The molecule has 1 aliphatic heterocycles. The molecule has 4 rings (SSSR count). The van der Waals surface area contributed by atoms with Crippen molar-refractivity contribution in [3.8, 4) is 0 Å². The van der Waals surface area contributed by atoms with Gasteiger partial charge in [0.25, 0.3) is 5.91 Å². The highest BCUT2D eigenvalue weighted by atomic mass is 35.5. The zero-order valence-corrected chi connectivity index (χ0v) is 18.5. The van der Waals surface area contributed by atoms with Gasteiger partial charge in [-0.1, -0.05) is 52.1 Å². The Morgan fingerprint density at radius 1 is 1.19 bits per heavy atom. The lowest BCUT2D eigenvalue weighted by Gasteiger charge is -2.09. The molecule has 1 N–H and O–H groups in total. The molecule has 0 radical (unpaired) electrons. The second-order valence-electron chi connectivity index (χ2n) is 6.95. The molecular weight excluding hydrogens is 466 g/mol. The van der Waals surface area contributed by atoms with E-state index in [0.29, 0.717) is 22.4 Å². The molecule has 31 heavy (non-hydrogen) atoms. The smallest absolute Gasteiger partial charge is 0.269 e. The highest BCUT2D eigenvalue weighted by Gasteiger charge is 2.31. The number of anilines is 1. The summed E-state index contributed by atoms with van der Waals surface area (Å²) >= 11 is 18.5. The molecule has 1 amide bonds. The van der Waals surface area contributed by atoms with Crippen LogP contribution >= 0.6 is 34.8 Å². The molecule has 0 spiro atoms. The number of nitrogens with one attached hydrogen (secondary N) is 1. The zero-order valence-electron chi connectivity index (χ0n) is 16.2. The van der Waals surface area contributed by atoms with Gasteiger partial charge in [0.2, 0.25) is 6.10 Å². The normalized spacial score (nSPS) is 15.5. The van der Waals surface area contributed by atoms with Crippen LogP contribution in [0.15, 0.2) is 47.6 Å². The molecule has 1 aliphatic rings. The fourth-order valence-corrected chi connectivity index (χ4v) is 4.00. The quantitative estimate of drug-likeness (QED) is 0.525. The van der Waals surface area contributed by atoms with E-state index in [4.69, 9.17) is 39.6 Å². The number of carbonyl (C=O) groups excluding carboxylic acids is 1. The highest BCUT2D eigenvalue weighted by molar-refractivity contribution is 6.36. The number of hydrogen-bond acceptors (Lipinski definition) is 4. The van der Waals surface area contributed by atoms with Gasteiger partial charge in [-0.3, -0.25) is 9.48 Å². The molecule has 0 aliphatic carbocycles. The first-order valence-electron chi connectivity index (χ1n) is 9.28. The van der Waals surface area contributed by atoms with Crippen LogP contribution in [-0.2, 0) is 16.2 Å². The van der Waals surface area contributed by atoms with Crippen molar-refractivity contribution in [3.63, 3.8) is 0 Å². The Balaban J connectivity index is 1.44. The molecule has 2 heterocycles. The minimum Gasteiger partial charge on any atom is -0.382 e. The van der Waals surface area contributed by atoms with E-state index in [9.17, 15) is 9.18 Å². The first kappa shape index (κ1) is 21.6. The van der Waals surface area contributed by atoms with Gasteiger partial charge in [-0.2, -0.15) is 5.10 Å². The number of aryl methyl sites for hydroxylation is 1. The van der Waals surface area contributed by atoms with Gasteiger partial charge in [-0.05, 0) is 31.2 Å². The number of carbonyl (C=O) groups is 1. The van der Waals surface area contributed by atoms with Crippen LogP contribution in [0.2, 0.25) is 15.1 Å². The Labute approximate surface area is 192 Å². The van der Waals surface area contributed by atoms with E-state index < -0.39 is 17.8 Å². The summed E-state index contributed by atoms with van der Waals surface area (Å²) in [7, 11) is 0. The number of oxime groups is 1. The van der Waals surface area contributed by atoms with Crippen LogP contribution in [0.4, 0.5) is 10.2 Å². The van der Waals surface area contributed by atoms with Crippen LogP contribution in [0, 0.1) is 12.7 Å². The average molecular weight is 482 g/mol. The van der Waals surface area contributed by atoms with Crippen molar-refractivity contribution in [3.05, 3.63) is 80.2 Å². The molecular formula is C21H16Cl3FN4O2. The Kier molecular flexibility index (Phi) is 6.18. The second kappa shape index (κ2) is 8.86. The van der Waals surface area contributed by atoms with Gasteiger partial charge in [-0.15, -0.1) is 0 Å². The summed E-state index contributed by atoms with van der Waals surface area (Å²) in [5, 5.41) is 12.2. The molecule has 3 aromatic rings. The zero-order chi connectivity index (χ0) is 22.1. The highest BCUT2D eigenvalue weighted by Crippen LogP contribution is 2.27. The summed E-state index contributed by atoms with van der Waals surface area (Å²) in [5.41, 5.74) is 1.94. The Morgan fingerprint density at radius 2 is 1.87 bits per heavy atom. The van der Waals surface area contributed by atoms with Crippen LogP contribution in [0.3, 0.4) is 0 Å². The van der Waals surface area contributed by atoms with Gasteiger partial charge in [0.1, 0.15) is 5.82 Å². The Bertz CT molecular complexity index is 1150. The van der Waals surface area contributed by atoms with Crippen molar-refractivity contribution in [1.29, 1.82) is 0 Å². The molecule has 1 unspecified atom stereocenters. The molecule has 1 aromatic heterocycles. The van der Waals surface area contributed by atoms with Gasteiger partial charge in [0, 0.05) is 33.8 Å². The predicted octanol–water partition coefficient (Wildman–Crippen LogP) is 5.47. The third kappa shape index (κ3) is 4.54. The van der Waals surface area contributed by atoms with Gasteiger partial charge < -0.3 is 10.2 Å². The maximum Gasteiger partial charge on any atom is 0.269 e. The summed E-state index contributed by atoms with van der Waals surface area (Å²) < 4.78 is 15.8. The largest absolute Gasteiger partial charge is 0.382 e. The molecule has 6 nitrogen and oxygen atoms in total. The SMILES string of the molecule is Cc1cc(NC(=O)C2CC(c3c(F)cccc3Cl)=NO2)nn1Cc1c(Cl)cccc1Cl. The number of hydrogen-bond donors (Lipinski definition) is 1. The van der Waals surface area contributed by atoms with E-state index in [1.54, 1.807) is 35.0 Å². The summed E-state index contributed by atoms with van der Waals surface area (Å²) in [6.45, 7) is 2.19. The lowest BCUT2D eigenvalue weighted by atomic mass is 10.0. The van der Waals surface area contributed by atoms with Crippen LogP contribution in [0.5, 0.6) is 0 Å². The van der Waals surface area contributed by atoms with E-state index in [1.165, 1.54) is 12.1 Å². The van der Waals surface area contributed by atoms with Crippen LogP contribution in [0.1, 0.15) is 23.2 Å². The van der Waals surface area contributed by atoms with E-state index in [0.717, 1.165) is 11.3 Å². The van der Waals surface area contributed by atoms with Crippen LogP contribution < -0.4 is 5.32 Å². The number of benzene rings is 2. The van der Waals surface area contributed by atoms with E-state index in [2.05, 4.69) is 15.6 Å². The lowest BCUT2D eigenvalue weighted by Crippen LogP contribution is -2.28. The minimum atomic E-state index is -0.922. The summed E-state index contributed by atoms with van der Waals surface area (Å²) in [6.07, 6.45) is -0.837. The topological polar surface area (TPSA) is 68.5 Å². The molecule has 0 bridgehead atoms. The lowest BCUT2D eigenvalue weighted by molar-refractivity contribution is -0.125. The number of amides is 1. The van der Waals surface area contributed by atoms with Gasteiger partial charge in [-0.25, -0.2) is 4.39 Å². The van der Waals surface area contributed by atoms with E-state index >= 15 is 0 Å². The maximum absolute atomic E-state index is 14.1. The van der Waals surface area contributed by atoms with Crippen LogP contribution in [-0.4, -0.2) is 27.5 Å². The maximum atomic E-state index is 14.1. The van der Waals surface area contributed by atoms with Crippen molar-refractivity contribution in [2.24, 2.45) is 5.16 Å². The first-order valence-corrected chi connectivity index (χ1v) is 10.4.